The quantitative estimate of drug-likeness (QED) is 0.564. The minimum absolute atomic E-state index is 0.104. The van der Waals surface area contributed by atoms with E-state index >= 15 is 0 Å². The molecule has 0 saturated heterocycles. The average Bonchev–Trinajstić information content (AvgIpc) is 2.36. The Morgan fingerprint density at radius 1 is 1.26 bits per heavy atom. The smallest absolute Gasteiger partial charge is 0.372 e. The van der Waals surface area contributed by atoms with Gasteiger partial charge in [-0.15, -0.1) is 0 Å². The Labute approximate surface area is 108 Å². The van der Waals surface area contributed by atoms with Crippen LogP contribution in [0.5, 0.6) is 0 Å². The maximum absolute atomic E-state index is 11.9. The van der Waals surface area contributed by atoms with Gasteiger partial charge in [-0.1, -0.05) is 0 Å². The summed E-state index contributed by atoms with van der Waals surface area (Å²) in [5, 5.41) is 0. The highest BCUT2D eigenvalue weighted by Gasteiger charge is 2.27. The van der Waals surface area contributed by atoms with E-state index in [1.54, 1.807) is 6.07 Å². The van der Waals surface area contributed by atoms with E-state index in [0.29, 0.717) is 11.5 Å². The molecular weight excluding hydrogens is 265 g/mol. The zero-order valence-corrected chi connectivity index (χ0v) is 10.6. The van der Waals surface area contributed by atoms with Crippen molar-refractivity contribution in [2.24, 2.45) is 0 Å². The first-order chi connectivity index (χ1) is 8.96. The van der Waals surface area contributed by atoms with Crippen LogP contribution in [0.15, 0.2) is 12.3 Å². The van der Waals surface area contributed by atoms with Gasteiger partial charge in [0.1, 0.15) is 12.4 Å². The first kappa shape index (κ1) is 15.8. The maximum Gasteiger partial charge on any atom is 0.411 e. The van der Waals surface area contributed by atoms with Gasteiger partial charge < -0.3 is 14.2 Å². The molecule has 5 nitrogen and oxygen atoms in total. The van der Waals surface area contributed by atoms with Gasteiger partial charge in [-0.2, -0.15) is 13.2 Å². The summed E-state index contributed by atoms with van der Waals surface area (Å²) in [6, 6.07) is 1.61. The summed E-state index contributed by atoms with van der Waals surface area (Å²) in [5.74, 6) is 0.374. The minimum atomic E-state index is -4.32. The molecule has 1 aromatic rings. The second-order valence-electron chi connectivity index (χ2n) is 3.62. The highest BCUT2D eigenvalue weighted by molar-refractivity contribution is 5.04. The second-order valence-corrected chi connectivity index (χ2v) is 3.62. The molecule has 19 heavy (non-hydrogen) atoms. The molecule has 0 aliphatic heterocycles. The summed E-state index contributed by atoms with van der Waals surface area (Å²) in [6.45, 7) is -1.38. The normalized spacial score (nSPS) is 12.1. The predicted molar refractivity (Wildman–Crippen MR) is 59.4 cm³/mol. The van der Waals surface area contributed by atoms with Crippen LogP contribution in [0.2, 0.25) is 0 Å². The van der Waals surface area contributed by atoms with Gasteiger partial charge in [0.15, 0.2) is 0 Å². The van der Waals surface area contributed by atoms with Crippen LogP contribution in [0.4, 0.5) is 13.2 Å². The standard InChI is InChI=1S/C11H15F3N2O3/c1-17-10(18-2)8-3-5-15-9(16-8)4-6-19-7-11(12,13)14/h3,5,10H,4,6-7H2,1-2H3. The topological polar surface area (TPSA) is 53.5 Å². The van der Waals surface area contributed by atoms with Crippen molar-refractivity contribution in [2.75, 3.05) is 27.4 Å². The highest BCUT2D eigenvalue weighted by Crippen LogP contribution is 2.15. The van der Waals surface area contributed by atoms with Crippen LogP contribution in [0.25, 0.3) is 0 Å². The van der Waals surface area contributed by atoms with E-state index in [4.69, 9.17) is 9.47 Å². The summed E-state index contributed by atoms with van der Waals surface area (Å²) in [5.41, 5.74) is 0.505. The van der Waals surface area contributed by atoms with Crippen LogP contribution in [0, 0.1) is 0 Å². The van der Waals surface area contributed by atoms with Crippen LogP contribution in [0.1, 0.15) is 17.8 Å². The third kappa shape index (κ3) is 5.95. The molecule has 1 aromatic heterocycles. The summed E-state index contributed by atoms with van der Waals surface area (Å²) in [6.07, 6.45) is -3.27. The number of halogens is 3. The van der Waals surface area contributed by atoms with Crippen molar-refractivity contribution in [3.8, 4) is 0 Å². The molecule has 0 fully saturated rings. The molecule has 0 aromatic carbocycles. The lowest BCUT2D eigenvalue weighted by Crippen LogP contribution is -2.18. The van der Waals surface area contributed by atoms with E-state index in [-0.39, 0.29) is 13.0 Å². The van der Waals surface area contributed by atoms with Gasteiger partial charge in [-0.25, -0.2) is 9.97 Å². The first-order valence-corrected chi connectivity index (χ1v) is 5.48. The largest absolute Gasteiger partial charge is 0.411 e. The Morgan fingerprint density at radius 2 is 1.95 bits per heavy atom. The Morgan fingerprint density at radius 3 is 2.53 bits per heavy atom. The summed E-state index contributed by atoms with van der Waals surface area (Å²) >= 11 is 0. The minimum Gasteiger partial charge on any atom is -0.372 e. The van der Waals surface area contributed by atoms with E-state index in [2.05, 4.69) is 14.7 Å². The molecule has 8 heteroatoms. The monoisotopic (exact) mass is 280 g/mol. The van der Waals surface area contributed by atoms with Crippen LogP contribution < -0.4 is 0 Å². The molecule has 0 spiro atoms. The van der Waals surface area contributed by atoms with Crippen molar-refractivity contribution in [2.45, 2.75) is 18.9 Å². The molecular formula is C11H15F3N2O3. The summed E-state index contributed by atoms with van der Waals surface area (Å²) in [7, 11) is 2.92. The van der Waals surface area contributed by atoms with Gasteiger partial charge >= 0.3 is 6.18 Å². The molecule has 1 rings (SSSR count). The molecule has 0 saturated carbocycles. The SMILES string of the molecule is COC(OC)c1ccnc(CCOCC(F)(F)F)n1. The molecule has 0 bridgehead atoms. The Hall–Kier alpha value is -1.25. The molecule has 0 aliphatic rings. The lowest BCUT2D eigenvalue weighted by atomic mass is 10.3. The Kier molecular flexibility index (Phi) is 6.13. The fourth-order valence-corrected chi connectivity index (χ4v) is 1.36. The number of aromatic nitrogens is 2. The Balaban J connectivity index is 2.48. The number of nitrogens with zero attached hydrogens (tertiary/aromatic N) is 2. The van der Waals surface area contributed by atoms with E-state index in [1.165, 1.54) is 20.4 Å². The Bertz CT molecular complexity index is 384. The number of ether oxygens (including phenoxy) is 3. The van der Waals surface area contributed by atoms with Gasteiger partial charge in [0, 0.05) is 26.8 Å². The van der Waals surface area contributed by atoms with E-state index in [0.717, 1.165) is 0 Å². The van der Waals surface area contributed by atoms with E-state index < -0.39 is 19.1 Å². The molecule has 1 heterocycles. The predicted octanol–water partition coefficient (Wildman–Crippen LogP) is 1.89. The molecule has 0 N–H and O–H groups in total. The second kappa shape index (κ2) is 7.37. The molecule has 0 radical (unpaired) electrons. The maximum atomic E-state index is 11.9. The third-order valence-electron chi connectivity index (χ3n) is 2.13. The van der Waals surface area contributed by atoms with Gasteiger partial charge in [-0.3, -0.25) is 0 Å². The van der Waals surface area contributed by atoms with Crippen molar-refractivity contribution in [3.63, 3.8) is 0 Å². The van der Waals surface area contributed by atoms with Crippen molar-refractivity contribution in [1.82, 2.24) is 9.97 Å². The van der Waals surface area contributed by atoms with Crippen molar-refractivity contribution < 1.29 is 27.4 Å². The lowest BCUT2D eigenvalue weighted by molar-refractivity contribution is -0.173. The fraction of sp³-hybridized carbons (Fsp3) is 0.636. The molecule has 0 unspecified atom stereocenters. The summed E-state index contributed by atoms with van der Waals surface area (Å²) in [4.78, 5) is 8.07. The zero-order chi connectivity index (χ0) is 14.3. The molecule has 0 atom stereocenters. The van der Waals surface area contributed by atoms with E-state index in [9.17, 15) is 13.2 Å². The van der Waals surface area contributed by atoms with Crippen molar-refractivity contribution in [1.29, 1.82) is 0 Å². The van der Waals surface area contributed by atoms with Crippen LogP contribution in [-0.4, -0.2) is 43.6 Å². The highest BCUT2D eigenvalue weighted by atomic mass is 19.4. The van der Waals surface area contributed by atoms with Gasteiger partial charge in [-0.05, 0) is 6.07 Å². The van der Waals surface area contributed by atoms with E-state index in [1.807, 2.05) is 0 Å². The molecule has 0 aliphatic carbocycles. The van der Waals surface area contributed by atoms with Crippen LogP contribution >= 0.6 is 0 Å². The van der Waals surface area contributed by atoms with Crippen LogP contribution in [-0.2, 0) is 20.6 Å². The summed E-state index contributed by atoms with van der Waals surface area (Å²) < 4.78 is 50.1. The first-order valence-electron chi connectivity index (χ1n) is 5.48. The van der Waals surface area contributed by atoms with Crippen molar-refractivity contribution >= 4 is 0 Å². The number of rotatable bonds is 7. The number of methoxy groups -OCH3 is 2. The van der Waals surface area contributed by atoms with Crippen LogP contribution in [0.3, 0.4) is 0 Å². The lowest BCUT2D eigenvalue weighted by Gasteiger charge is -2.13. The molecule has 108 valence electrons. The average molecular weight is 280 g/mol. The fourth-order valence-electron chi connectivity index (χ4n) is 1.36. The van der Waals surface area contributed by atoms with Gasteiger partial charge in [0.2, 0.25) is 6.29 Å². The van der Waals surface area contributed by atoms with Gasteiger partial charge in [0.05, 0.1) is 12.3 Å². The number of hydrogen-bond donors (Lipinski definition) is 0. The number of alkyl halides is 3. The van der Waals surface area contributed by atoms with Gasteiger partial charge in [0.25, 0.3) is 0 Å². The molecule has 0 amide bonds. The third-order valence-corrected chi connectivity index (χ3v) is 2.13. The van der Waals surface area contributed by atoms with Crippen molar-refractivity contribution in [3.05, 3.63) is 23.8 Å². The zero-order valence-electron chi connectivity index (χ0n) is 10.6. The number of hydrogen-bond acceptors (Lipinski definition) is 5.